The number of hydrogen-bond donors (Lipinski definition) is 1. The van der Waals surface area contributed by atoms with Crippen molar-refractivity contribution in [3.8, 4) is 22.8 Å². The summed E-state index contributed by atoms with van der Waals surface area (Å²) in [5, 5.41) is 13.0. The summed E-state index contributed by atoms with van der Waals surface area (Å²) in [6, 6.07) is 15.4. The van der Waals surface area contributed by atoms with Crippen LogP contribution in [0.3, 0.4) is 0 Å². The van der Waals surface area contributed by atoms with Gasteiger partial charge in [0, 0.05) is 34.6 Å². The first kappa shape index (κ1) is 16.5. The molecule has 0 aliphatic rings. The van der Waals surface area contributed by atoms with Crippen molar-refractivity contribution < 1.29 is 9.84 Å². The van der Waals surface area contributed by atoms with Crippen LogP contribution in [0, 0.1) is 0 Å². The van der Waals surface area contributed by atoms with Crippen molar-refractivity contribution in [1.29, 1.82) is 0 Å². The molecule has 0 radical (unpaired) electrons. The van der Waals surface area contributed by atoms with Gasteiger partial charge in [0.2, 0.25) is 5.88 Å². The molecule has 0 fully saturated rings. The number of hydrogen-bond acceptors (Lipinski definition) is 3. The molecular weight excluding hydrogens is 348 g/mol. The Bertz CT molecular complexity index is 1060. The van der Waals surface area contributed by atoms with Crippen molar-refractivity contribution in [3.63, 3.8) is 0 Å². The van der Waals surface area contributed by atoms with Gasteiger partial charge in [-0.3, -0.25) is 4.98 Å². The maximum atomic E-state index is 10.7. The van der Waals surface area contributed by atoms with Crippen LogP contribution in [0.5, 0.6) is 11.6 Å². The Morgan fingerprint density at radius 3 is 2.62 bits per heavy atom. The van der Waals surface area contributed by atoms with Gasteiger partial charge in [0.15, 0.2) is 0 Å². The zero-order chi connectivity index (χ0) is 18.1. The third-order valence-corrected chi connectivity index (χ3v) is 4.66. The predicted molar refractivity (Wildman–Crippen MR) is 104 cm³/mol. The molecule has 0 bridgehead atoms. The molecule has 0 saturated heterocycles. The van der Waals surface area contributed by atoms with Crippen LogP contribution < -0.4 is 4.74 Å². The molecule has 130 valence electrons. The second-order valence-corrected chi connectivity index (χ2v) is 6.53. The minimum atomic E-state index is 0.185. The van der Waals surface area contributed by atoms with Crippen molar-refractivity contribution in [2.45, 2.75) is 6.54 Å². The van der Waals surface area contributed by atoms with E-state index in [1.807, 2.05) is 65.5 Å². The Morgan fingerprint density at radius 1 is 1.12 bits per heavy atom. The van der Waals surface area contributed by atoms with Gasteiger partial charge in [-0.05, 0) is 41.5 Å². The monoisotopic (exact) mass is 364 g/mol. The molecule has 0 atom stereocenters. The topological polar surface area (TPSA) is 47.3 Å². The number of aromatic nitrogens is 2. The van der Waals surface area contributed by atoms with E-state index >= 15 is 0 Å². The van der Waals surface area contributed by atoms with Gasteiger partial charge in [-0.1, -0.05) is 29.8 Å². The molecule has 0 aliphatic carbocycles. The quantitative estimate of drug-likeness (QED) is 0.546. The van der Waals surface area contributed by atoms with E-state index in [1.54, 1.807) is 13.3 Å². The molecular formula is C21H17ClN2O2. The molecule has 2 heterocycles. The molecule has 4 rings (SSSR count). The number of aromatic hydroxyl groups is 1. The van der Waals surface area contributed by atoms with E-state index in [2.05, 4.69) is 4.98 Å². The fourth-order valence-corrected chi connectivity index (χ4v) is 3.24. The highest BCUT2D eigenvalue weighted by Crippen LogP contribution is 2.39. The van der Waals surface area contributed by atoms with E-state index in [-0.39, 0.29) is 5.88 Å². The lowest BCUT2D eigenvalue weighted by Crippen LogP contribution is -1.96. The van der Waals surface area contributed by atoms with Gasteiger partial charge in [0.1, 0.15) is 5.75 Å². The molecule has 26 heavy (non-hydrogen) atoms. The van der Waals surface area contributed by atoms with Gasteiger partial charge in [-0.2, -0.15) is 0 Å². The first-order chi connectivity index (χ1) is 12.7. The van der Waals surface area contributed by atoms with E-state index in [1.165, 1.54) is 0 Å². The third-order valence-electron chi connectivity index (χ3n) is 4.40. The van der Waals surface area contributed by atoms with Crippen LogP contribution in [0.1, 0.15) is 5.56 Å². The van der Waals surface area contributed by atoms with Crippen molar-refractivity contribution >= 4 is 22.4 Å². The van der Waals surface area contributed by atoms with Crippen LogP contribution >= 0.6 is 11.6 Å². The SMILES string of the molecule is COc1cc(-c2cccnc2)cc2cn(Cc3ccc(Cl)cc3)c(O)c12. The Kier molecular flexibility index (Phi) is 4.27. The van der Waals surface area contributed by atoms with Crippen molar-refractivity contribution in [3.05, 3.63) is 77.7 Å². The molecule has 4 aromatic rings. The molecule has 5 heteroatoms. The maximum absolute atomic E-state index is 10.7. The first-order valence-electron chi connectivity index (χ1n) is 8.20. The van der Waals surface area contributed by atoms with E-state index in [4.69, 9.17) is 16.3 Å². The Hall–Kier alpha value is -2.98. The zero-order valence-corrected chi connectivity index (χ0v) is 14.9. The molecule has 0 aliphatic heterocycles. The Balaban J connectivity index is 1.81. The van der Waals surface area contributed by atoms with Gasteiger partial charge in [-0.25, -0.2) is 0 Å². The standard InChI is InChI=1S/C21H17ClN2O2/c1-26-19-10-16(15-3-2-8-23-11-15)9-17-13-24(21(25)20(17)19)12-14-4-6-18(22)7-5-14/h2-11,13,25H,12H2,1H3. The molecule has 0 spiro atoms. The van der Waals surface area contributed by atoms with Gasteiger partial charge in [-0.15, -0.1) is 0 Å². The number of rotatable bonds is 4. The van der Waals surface area contributed by atoms with Crippen molar-refractivity contribution in [2.75, 3.05) is 7.11 Å². The summed E-state index contributed by atoms with van der Waals surface area (Å²) in [7, 11) is 1.61. The van der Waals surface area contributed by atoms with Crippen LogP contribution in [0.4, 0.5) is 0 Å². The molecule has 4 nitrogen and oxygen atoms in total. The number of benzene rings is 2. The maximum Gasteiger partial charge on any atom is 0.203 e. The number of methoxy groups -OCH3 is 1. The van der Waals surface area contributed by atoms with Crippen LogP contribution in [-0.2, 0) is 6.54 Å². The first-order valence-corrected chi connectivity index (χ1v) is 8.58. The molecule has 2 aromatic heterocycles. The second-order valence-electron chi connectivity index (χ2n) is 6.09. The number of halogens is 1. The fraction of sp³-hybridized carbons (Fsp3) is 0.0952. The molecule has 2 aromatic carbocycles. The minimum Gasteiger partial charge on any atom is -0.496 e. The summed E-state index contributed by atoms with van der Waals surface area (Å²) >= 11 is 5.95. The minimum absolute atomic E-state index is 0.185. The van der Waals surface area contributed by atoms with Crippen LogP contribution in [-0.4, -0.2) is 21.8 Å². The average Bonchev–Trinajstić information content (AvgIpc) is 2.99. The lowest BCUT2D eigenvalue weighted by Gasteiger charge is -2.08. The van der Waals surface area contributed by atoms with Gasteiger partial charge >= 0.3 is 0 Å². The highest BCUT2D eigenvalue weighted by molar-refractivity contribution is 6.30. The number of fused-ring (bicyclic) bond motifs is 1. The average molecular weight is 365 g/mol. The highest BCUT2D eigenvalue weighted by atomic mass is 35.5. The van der Waals surface area contributed by atoms with E-state index < -0.39 is 0 Å². The van der Waals surface area contributed by atoms with Gasteiger partial charge < -0.3 is 14.4 Å². The lowest BCUT2D eigenvalue weighted by molar-refractivity contribution is 0.408. The Labute approximate surface area is 156 Å². The smallest absolute Gasteiger partial charge is 0.203 e. The molecule has 0 saturated carbocycles. The zero-order valence-electron chi connectivity index (χ0n) is 14.2. The number of nitrogens with zero attached hydrogens (tertiary/aromatic N) is 2. The lowest BCUT2D eigenvalue weighted by atomic mass is 10.0. The summed E-state index contributed by atoms with van der Waals surface area (Å²) in [6.45, 7) is 0.545. The highest BCUT2D eigenvalue weighted by Gasteiger charge is 2.15. The van der Waals surface area contributed by atoms with E-state index in [0.717, 1.165) is 22.1 Å². The van der Waals surface area contributed by atoms with E-state index in [9.17, 15) is 5.11 Å². The normalized spacial score (nSPS) is 11.0. The largest absolute Gasteiger partial charge is 0.496 e. The Morgan fingerprint density at radius 2 is 1.92 bits per heavy atom. The van der Waals surface area contributed by atoms with Crippen LogP contribution in [0.25, 0.3) is 21.9 Å². The van der Waals surface area contributed by atoms with Crippen molar-refractivity contribution in [2.24, 2.45) is 0 Å². The molecule has 0 unspecified atom stereocenters. The summed E-state index contributed by atoms with van der Waals surface area (Å²) < 4.78 is 7.35. The summed E-state index contributed by atoms with van der Waals surface area (Å²) in [5.74, 6) is 0.818. The van der Waals surface area contributed by atoms with Gasteiger partial charge in [0.25, 0.3) is 0 Å². The number of ether oxygens (including phenoxy) is 1. The molecule has 1 N–H and O–H groups in total. The fourth-order valence-electron chi connectivity index (χ4n) is 3.12. The summed E-state index contributed by atoms with van der Waals surface area (Å²) in [4.78, 5) is 4.18. The number of pyridine rings is 1. The summed E-state index contributed by atoms with van der Waals surface area (Å²) in [6.07, 6.45) is 5.49. The van der Waals surface area contributed by atoms with Crippen LogP contribution in [0.15, 0.2) is 67.1 Å². The summed E-state index contributed by atoms with van der Waals surface area (Å²) in [5.41, 5.74) is 3.04. The van der Waals surface area contributed by atoms with Gasteiger partial charge in [0.05, 0.1) is 19.0 Å². The van der Waals surface area contributed by atoms with E-state index in [0.29, 0.717) is 22.7 Å². The second kappa shape index (κ2) is 6.73. The van der Waals surface area contributed by atoms with Crippen LogP contribution in [0.2, 0.25) is 5.02 Å². The van der Waals surface area contributed by atoms with Crippen molar-refractivity contribution in [1.82, 2.24) is 9.55 Å². The third kappa shape index (κ3) is 3.00. The predicted octanol–water partition coefficient (Wildman–Crippen LogP) is 5.12. The molecule has 0 amide bonds.